The van der Waals surface area contributed by atoms with E-state index in [9.17, 15) is 9.59 Å². The van der Waals surface area contributed by atoms with Crippen molar-refractivity contribution in [3.63, 3.8) is 0 Å². The molecule has 2 aromatic heterocycles. The molecule has 0 spiro atoms. The van der Waals surface area contributed by atoms with E-state index >= 15 is 0 Å². The minimum Gasteiger partial charge on any atom is -0.465 e. The summed E-state index contributed by atoms with van der Waals surface area (Å²) >= 11 is 1.57. The van der Waals surface area contributed by atoms with Gasteiger partial charge in [-0.25, -0.2) is 0 Å². The van der Waals surface area contributed by atoms with Crippen LogP contribution in [0.3, 0.4) is 0 Å². The Bertz CT molecular complexity index is 746. The predicted molar refractivity (Wildman–Crippen MR) is 100 cm³/mol. The van der Waals surface area contributed by atoms with Crippen molar-refractivity contribution in [2.45, 2.75) is 26.2 Å². The van der Waals surface area contributed by atoms with Gasteiger partial charge in [-0.2, -0.15) is 11.3 Å². The van der Waals surface area contributed by atoms with Gasteiger partial charge in [0.25, 0.3) is 0 Å². The number of rotatable bonds is 7. The van der Waals surface area contributed by atoms with Gasteiger partial charge in [0.15, 0.2) is 0 Å². The fourth-order valence-corrected chi connectivity index (χ4v) is 3.63. The molecule has 0 aromatic carbocycles. The Labute approximate surface area is 162 Å². The van der Waals surface area contributed by atoms with Crippen LogP contribution in [0.25, 0.3) is 11.5 Å². The second-order valence-corrected chi connectivity index (χ2v) is 7.11. The monoisotopic (exact) mass is 392 g/mol. The number of aryl methyl sites for hydroxylation is 1. The first kappa shape index (κ1) is 19.5. The molecule has 1 amide bonds. The van der Waals surface area contributed by atoms with Gasteiger partial charge in [-0.15, -0.1) is 10.2 Å². The Kier molecular flexibility index (Phi) is 6.94. The Morgan fingerprint density at radius 2 is 2.15 bits per heavy atom. The van der Waals surface area contributed by atoms with E-state index < -0.39 is 0 Å². The zero-order valence-electron chi connectivity index (χ0n) is 15.4. The lowest BCUT2D eigenvalue weighted by molar-refractivity contribution is -0.144. The van der Waals surface area contributed by atoms with Crippen molar-refractivity contribution in [1.82, 2.24) is 20.0 Å². The standard InChI is InChI=1S/C18H24N4O4S/c1-2-25-17(24)12-21-7-3-8-22(10-9-21)16(23)5-4-15-19-20-18(26-15)14-6-11-27-13-14/h6,11,13H,2-5,7-10,12H2,1H3. The van der Waals surface area contributed by atoms with Gasteiger partial charge in [0.1, 0.15) is 0 Å². The normalized spacial score (nSPS) is 15.5. The molecule has 1 saturated heterocycles. The highest BCUT2D eigenvalue weighted by molar-refractivity contribution is 7.08. The van der Waals surface area contributed by atoms with Crippen LogP contribution < -0.4 is 0 Å². The van der Waals surface area contributed by atoms with Gasteiger partial charge in [-0.05, 0) is 24.8 Å². The van der Waals surface area contributed by atoms with Crippen LogP contribution in [0.5, 0.6) is 0 Å². The van der Waals surface area contributed by atoms with Crippen molar-refractivity contribution in [3.05, 3.63) is 22.7 Å². The van der Waals surface area contributed by atoms with E-state index in [-0.39, 0.29) is 18.4 Å². The van der Waals surface area contributed by atoms with Crippen molar-refractivity contribution in [1.29, 1.82) is 0 Å². The smallest absolute Gasteiger partial charge is 0.320 e. The van der Waals surface area contributed by atoms with Crippen LogP contribution in [0.4, 0.5) is 0 Å². The van der Waals surface area contributed by atoms with Crippen molar-refractivity contribution in [3.8, 4) is 11.5 Å². The topological polar surface area (TPSA) is 88.8 Å². The minimum absolute atomic E-state index is 0.0725. The molecular formula is C18H24N4O4S. The summed E-state index contributed by atoms with van der Waals surface area (Å²) < 4.78 is 10.6. The average molecular weight is 392 g/mol. The highest BCUT2D eigenvalue weighted by atomic mass is 32.1. The van der Waals surface area contributed by atoms with E-state index in [0.29, 0.717) is 50.9 Å². The number of thiophene rings is 1. The molecule has 2 aromatic rings. The lowest BCUT2D eigenvalue weighted by Crippen LogP contribution is -2.37. The second-order valence-electron chi connectivity index (χ2n) is 6.33. The molecule has 0 atom stereocenters. The Balaban J connectivity index is 1.45. The Hall–Kier alpha value is -2.26. The number of amides is 1. The molecule has 1 aliphatic heterocycles. The number of hydrogen-bond donors (Lipinski definition) is 0. The number of nitrogens with zero attached hydrogens (tertiary/aromatic N) is 4. The van der Waals surface area contributed by atoms with Crippen molar-refractivity contribution >= 4 is 23.2 Å². The first-order chi connectivity index (χ1) is 13.2. The molecule has 0 aliphatic carbocycles. The number of carbonyl (C=O) groups is 2. The lowest BCUT2D eigenvalue weighted by Gasteiger charge is -2.21. The summed E-state index contributed by atoms with van der Waals surface area (Å²) in [7, 11) is 0. The molecule has 8 nitrogen and oxygen atoms in total. The van der Waals surface area contributed by atoms with Gasteiger partial charge >= 0.3 is 5.97 Å². The van der Waals surface area contributed by atoms with Gasteiger partial charge in [-0.1, -0.05) is 0 Å². The van der Waals surface area contributed by atoms with Gasteiger partial charge < -0.3 is 14.1 Å². The summed E-state index contributed by atoms with van der Waals surface area (Å²) in [5, 5.41) is 12.0. The molecule has 0 unspecified atom stereocenters. The molecule has 0 saturated carbocycles. The van der Waals surface area contributed by atoms with Crippen LogP contribution in [0.2, 0.25) is 0 Å². The fourth-order valence-electron chi connectivity index (χ4n) is 3.00. The molecule has 3 heterocycles. The highest BCUT2D eigenvalue weighted by Gasteiger charge is 2.21. The number of esters is 1. The largest absolute Gasteiger partial charge is 0.465 e. The first-order valence-electron chi connectivity index (χ1n) is 9.16. The quantitative estimate of drug-likeness (QED) is 0.664. The van der Waals surface area contributed by atoms with Crippen LogP contribution in [0.15, 0.2) is 21.2 Å². The van der Waals surface area contributed by atoms with Gasteiger partial charge in [0.05, 0.1) is 13.2 Å². The van der Waals surface area contributed by atoms with Crippen LogP contribution in [0.1, 0.15) is 25.7 Å². The molecule has 1 aliphatic rings. The van der Waals surface area contributed by atoms with Crippen LogP contribution >= 0.6 is 11.3 Å². The summed E-state index contributed by atoms with van der Waals surface area (Å²) in [6.07, 6.45) is 1.61. The van der Waals surface area contributed by atoms with E-state index in [1.807, 2.05) is 26.6 Å². The Morgan fingerprint density at radius 3 is 2.93 bits per heavy atom. The van der Waals surface area contributed by atoms with E-state index in [4.69, 9.17) is 9.15 Å². The number of ether oxygens (including phenoxy) is 1. The average Bonchev–Trinajstić information content (AvgIpc) is 3.29. The molecular weight excluding hydrogens is 368 g/mol. The van der Waals surface area contributed by atoms with E-state index in [0.717, 1.165) is 18.5 Å². The first-order valence-corrected chi connectivity index (χ1v) is 10.1. The number of hydrogen-bond acceptors (Lipinski definition) is 8. The summed E-state index contributed by atoms with van der Waals surface area (Å²) in [6.45, 7) is 5.24. The van der Waals surface area contributed by atoms with Gasteiger partial charge in [-0.3, -0.25) is 14.5 Å². The summed E-state index contributed by atoms with van der Waals surface area (Å²) in [5.74, 6) is 0.824. The summed E-state index contributed by atoms with van der Waals surface area (Å²) in [5.41, 5.74) is 0.902. The number of aromatic nitrogens is 2. The van der Waals surface area contributed by atoms with Crippen LogP contribution in [0, 0.1) is 0 Å². The fraction of sp³-hybridized carbons (Fsp3) is 0.556. The maximum Gasteiger partial charge on any atom is 0.320 e. The molecule has 0 bridgehead atoms. The van der Waals surface area contributed by atoms with E-state index in [2.05, 4.69) is 10.2 Å². The maximum atomic E-state index is 12.5. The van der Waals surface area contributed by atoms with Crippen LogP contribution in [-0.4, -0.2) is 71.2 Å². The van der Waals surface area contributed by atoms with E-state index in [1.54, 1.807) is 18.3 Å². The zero-order valence-corrected chi connectivity index (χ0v) is 16.2. The summed E-state index contributed by atoms with van der Waals surface area (Å²) in [6, 6.07) is 1.92. The molecule has 1 fully saturated rings. The van der Waals surface area contributed by atoms with Gasteiger partial charge in [0.2, 0.25) is 17.7 Å². The SMILES string of the molecule is CCOC(=O)CN1CCCN(C(=O)CCc2nnc(-c3ccsc3)o2)CC1. The molecule has 0 radical (unpaired) electrons. The lowest BCUT2D eigenvalue weighted by atomic mass is 10.2. The molecule has 27 heavy (non-hydrogen) atoms. The number of carbonyl (C=O) groups excluding carboxylic acids is 2. The Morgan fingerprint density at radius 1 is 1.26 bits per heavy atom. The minimum atomic E-state index is -0.213. The van der Waals surface area contributed by atoms with Gasteiger partial charge in [0, 0.05) is 50.0 Å². The third-order valence-electron chi connectivity index (χ3n) is 4.39. The summed E-state index contributed by atoms with van der Waals surface area (Å²) in [4.78, 5) is 28.0. The predicted octanol–water partition coefficient (Wildman–Crippen LogP) is 1.83. The molecule has 0 N–H and O–H groups in total. The van der Waals surface area contributed by atoms with Crippen molar-refractivity contribution in [2.24, 2.45) is 0 Å². The van der Waals surface area contributed by atoms with Crippen molar-refractivity contribution in [2.75, 3.05) is 39.3 Å². The van der Waals surface area contributed by atoms with E-state index in [1.165, 1.54) is 0 Å². The third-order valence-corrected chi connectivity index (χ3v) is 5.07. The second kappa shape index (κ2) is 9.61. The molecule has 9 heteroatoms. The highest BCUT2D eigenvalue weighted by Crippen LogP contribution is 2.21. The molecule has 146 valence electrons. The van der Waals surface area contributed by atoms with Crippen LogP contribution in [-0.2, 0) is 20.7 Å². The zero-order chi connectivity index (χ0) is 19.1. The third kappa shape index (κ3) is 5.61. The molecule has 3 rings (SSSR count). The van der Waals surface area contributed by atoms with Crippen molar-refractivity contribution < 1.29 is 18.7 Å². The maximum absolute atomic E-state index is 12.5.